The lowest BCUT2D eigenvalue weighted by atomic mass is 9.98. The van der Waals surface area contributed by atoms with Gasteiger partial charge in [-0.15, -0.1) is 0 Å². The summed E-state index contributed by atoms with van der Waals surface area (Å²) >= 11 is 5.94. The van der Waals surface area contributed by atoms with Crippen LogP contribution in [0.25, 0.3) is 0 Å². The van der Waals surface area contributed by atoms with Crippen molar-refractivity contribution in [2.75, 3.05) is 13.1 Å². The number of benzene rings is 1. The molecule has 0 aromatic heterocycles. The SMILES string of the molecule is Fc1cccc(Cl)c1C1CCNC1. The van der Waals surface area contributed by atoms with Crippen LogP contribution in [0.2, 0.25) is 5.02 Å². The Hall–Kier alpha value is -0.600. The van der Waals surface area contributed by atoms with Crippen LogP contribution in [0.1, 0.15) is 17.9 Å². The van der Waals surface area contributed by atoms with Crippen molar-refractivity contribution in [3.8, 4) is 0 Å². The number of hydrogen-bond donors (Lipinski definition) is 1. The molecule has 1 nitrogen and oxygen atoms in total. The summed E-state index contributed by atoms with van der Waals surface area (Å²) in [5.74, 6) is 0.0647. The zero-order chi connectivity index (χ0) is 9.26. The summed E-state index contributed by atoms with van der Waals surface area (Å²) < 4.78 is 13.4. The van der Waals surface area contributed by atoms with E-state index in [-0.39, 0.29) is 11.7 Å². The first-order chi connectivity index (χ1) is 6.29. The molecule has 1 fully saturated rings. The molecule has 1 saturated heterocycles. The third-order valence-corrected chi connectivity index (χ3v) is 2.80. The van der Waals surface area contributed by atoms with Crippen molar-refractivity contribution in [3.63, 3.8) is 0 Å². The number of nitrogens with one attached hydrogen (secondary N) is 1. The van der Waals surface area contributed by atoms with Crippen LogP contribution in [0.5, 0.6) is 0 Å². The summed E-state index contributed by atoms with van der Waals surface area (Å²) in [7, 11) is 0. The Bertz CT molecular complexity index is 288. The maximum absolute atomic E-state index is 13.4. The van der Waals surface area contributed by atoms with E-state index in [1.165, 1.54) is 6.07 Å². The van der Waals surface area contributed by atoms with Gasteiger partial charge in [0, 0.05) is 23.0 Å². The van der Waals surface area contributed by atoms with Crippen molar-refractivity contribution in [2.45, 2.75) is 12.3 Å². The molecule has 70 valence electrons. The molecule has 0 saturated carbocycles. The van der Waals surface area contributed by atoms with Gasteiger partial charge in [-0.25, -0.2) is 4.39 Å². The molecule has 1 N–H and O–H groups in total. The molecule has 1 aliphatic heterocycles. The standard InChI is InChI=1S/C10H11ClFN/c11-8-2-1-3-9(12)10(8)7-4-5-13-6-7/h1-3,7,13H,4-6H2. The van der Waals surface area contributed by atoms with Crippen molar-refractivity contribution in [1.82, 2.24) is 5.32 Å². The fourth-order valence-electron chi connectivity index (χ4n) is 1.80. The van der Waals surface area contributed by atoms with E-state index >= 15 is 0 Å². The molecule has 1 unspecified atom stereocenters. The van der Waals surface area contributed by atoms with Gasteiger partial charge in [-0.2, -0.15) is 0 Å². The van der Waals surface area contributed by atoms with Crippen molar-refractivity contribution in [2.24, 2.45) is 0 Å². The van der Waals surface area contributed by atoms with Gasteiger partial charge in [0.25, 0.3) is 0 Å². The summed E-state index contributed by atoms with van der Waals surface area (Å²) in [5.41, 5.74) is 0.675. The van der Waals surface area contributed by atoms with Gasteiger partial charge in [-0.1, -0.05) is 17.7 Å². The first kappa shape index (κ1) is 8.97. The molecule has 0 radical (unpaired) electrons. The highest BCUT2D eigenvalue weighted by Gasteiger charge is 2.21. The van der Waals surface area contributed by atoms with Crippen LogP contribution in [0.3, 0.4) is 0 Å². The second-order valence-electron chi connectivity index (χ2n) is 3.33. The Morgan fingerprint density at radius 1 is 1.46 bits per heavy atom. The topological polar surface area (TPSA) is 12.0 Å². The predicted octanol–water partition coefficient (Wildman–Crippen LogP) is 2.56. The second-order valence-corrected chi connectivity index (χ2v) is 3.73. The summed E-state index contributed by atoms with van der Waals surface area (Å²) in [6.07, 6.45) is 0.973. The van der Waals surface area contributed by atoms with Gasteiger partial charge in [0.05, 0.1) is 0 Å². The fourth-order valence-corrected chi connectivity index (χ4v) is 2.12. The highest BCUT2D eigenvalue weighted by Crippen LogP contribution is 2.30. The van der Waals surface area contributed by atoms with E-state index in [1.807, 2.05) is 0 Å². The quantitative estimate of drug-likeness (QED) is 0.733. The van der Waals surface area contributed by atoms with Crippen molar-refractivity contribution >= 4 is 11.6 Å². The first-order valence-corrected chi connectivity index (χ1v) is 4.81. The largest absolute Gasteiger partial charge is 0.316 e. The summed E-state index contributed by atoms with van der Waals surface area (Å²) in [4.78, 5) is 0. The molecule has 13 heavy (non-hydrogen) atoms. The molecule has 1 heterocycles. The first-order valence-electron chi connectivity index (χ1n) is 4.43. The molecular weight excluding hydrogens is 189 g/mol. The fraction of sp³-hybridized carbons (Fsp3) is 0.400. The minimum Gasteiger partial charge on any atom is -0.316 e. The van der Waals surface area contributed by atoms with Crippen LogP contribution in [0, 0.1) is 5.82 Å². The Labute approximate surface area is 81.9 Å². The molecule has 1 aromatic rings. The van der Waals surface area contributed by atoms with E-state index in [2.05, 4.69) is 5.32 Å². The highest BCUT2D eigenvalue weighted by atomic mass is 35.5. The van der Waals surface area contributed by atoms with E-state index in [1.54, 1.807) is 12.1 Å². The third-order valence-electron chi connectivity index (χ3n) is 2.47. The van der Waals surface area contributed by atoms with Gasteiger partial charge >= 0.3 is 0 Å². The number of hydrogen-bond acceptors (Lipinski definition) is 1. The lowest BCUT2D eigenvalue weighted by Crippen LogP contribution is -2.09. The number of halogens is 2. The van der Waals surface area contributed by atoms with Crippen LogP contribution in [0.4, 0.5) is 4.39 Å². The molecule has 1 aliphatic rings. The summed E-state index contributed by atoms with van der Waals surface area (Å²) in [6.45, 7) is 1.79. The lowest BCUT2D eigenvalue weighted by Gasteiger charge is -2.11. The molecule has 0 aliphatic carbocycles. The molecular formula is C10H11ClFN. The van der Waals surface area contributed by atoms with Gasteiger partial charge in [0.1, 0.15) is 5.82 Å². The molecule has 0 bridgehead atoms. The van der Waals surface area contributed by atoms with Crippen molar-refractivity contribution < 1.29 is 4.39 Å². The van der Waals surface area contributed by atoms with Crippen molar-refractivity contribution in [3.05, 3.63) is 34.6 Å². The third kappa shape index (κ3) is 1.69. The summed E-state index contributed by atoms with van der Waals surface area (Å²) in [5, 5.41) is 3.75. The van der Waals surface area contributed by atoms with Gasteiger partial charge in [0.15, 0.2) is 0 Å². The molecule has 1 atom stereocenters. The number of rotatable bonds is 1. The van der Waals surface area contributed by atoms with Crippen LogP contribution in [-0.2, 0) is 0 Å². The van der Waals surface area contributed by atoms with Crippen LogP contribution in [0.15, 0.2) is 18.2 Å². The second kappa shape index (κ2) is 3.64. The van der Waals surface area contributed by atoms with Crippen LogP contribution in [-0.4, -0.2) is 13.1 Å². The zero-order valence-corrected chi connectivity index (χ0v) is 7.94. The average Bonchev–Trinajstić information content (AvgIpc) is 2.57. The van der Waals surface area contributed by atoms with Crippen LogP contribution < -0.4 is 5.32 Å². The van der Waals surface area contributed by atoms with Gasteiger partial charge in [-0.3, -0.25) is 0 Å². The average molecular weight is 200 g/mol. The van der Waals surface area contributed by atoms with Gasteiger partial charge in [-0.05, 0) is 25.1 Å². The van der Waals surface area contributed by atoms with Gasteiger partial charge in [0.2, 0.25) is 0 Å². The Kier molecular flexibility index (Phi) is 2.51. The maximum Gasteiger partial charge on any atom is 0.128 e. The molecule has 0 amide bonds. The van der Waals surface area contributed by atoms with Crippen molar-refractivity contribution in [1.29, 1.82) is 0 Å². The predicted molar refractivity (Wildman–Crippen MR) is 51.6 cm³/mol. The molecule has 3 heteroatoms. The van der Waals surface area contributed by atoms with E-state index in [0.29, 0.717) is 10.6 Å². The molecule has 2 rings (SSSR count). The summed E-state index contributed by atoms with van der Waals surface area (Å²) in [6, 6.07) is 4.86. The Balaban J connectivity index is 2.37. The minimum atomic E-state index is -0.179. The minimum absolute atomic E-state index is 0.179. The van der Waals surface area contributed by atoms with E-state index in [9.17, 15) is 4.39 Å². The molecule has 0 spiro atoms. The lowest BCUT2D eigenvalue weighted by molar-refractivity contribution is 0.588. The van der Waals surface area contributed by atoms with E-state index < -0.39 is 0 Å². The zero-order valence-electron chi connectivity index (χ0n) is 7.19. The van der Waals surface area contributed by atoms with E-state index in [0.717, 1.165) is 19.5 Å². The highest BCUT2D eigenvalue weighted by molar-refractivity contribution is 6.31. The maximum atomic E-state index is 13.4. The normalized spacial score (nSPS) is 22.2. The Morgan fingerprint density at radius 3 is 2.92 bits per heavy atom. The molecule has 1 aromatic carbocycles. The Morgan fingerprint density at radius 2 is 2.31 bits per heavy atom. The van der Waals surface area contributed by atoms with Crippen LogP contribution >= 0.6 is 11.6 Å². The van der Waals surface area contributed by atoms with Gasteiger partial charge < -0.3 is 5.32 Å². The smallest absolute Gasteiger partial charge is 0.128 e. The monoisotopic (exact) mass is 199 g/mol. The van der Waals surface area contributed by atoms with E-state index in [4.69, 9.17) is 11.6 Å².